The summed E-state index contributed by atoms with van der Waals surface area (Å²) in [5.74, 6) is 1.90. The summed E-state index contributed by atoms with van der Waals surface area (Å²) < 4.78 is 5.23. The zero-order valence-electron chi connectivity index (χ0n) is 15.3. The normalized spacial score (nSPS) is 15.2. The third kappa shape index (κ3) is 4.40. The number of ether oxygens (including phenoxy) is 1. The molecule has 1 N–H and O–H groups in total. The third-order valence-electron chi connectivity index (χ3n) is 4.48. The molecule has 1 saturated carbocycles. The van der Waals surface area contributed by atoms with Crippen molar-refractivity contribution in [2.24, 2.45) is 11.8 Å². The van der Waals surface area contributed by atoms with Gasteiger partial charge >= 0.3 is 0 Å². The SMILES string of the molecule is COc1ccc(C(NC(=O)c2sc(CC(C)C)nc2C)C2CC2)cc1. The van der Waals surface area contributed by atoms with Crippen molar-refractivity contribution in [3.8, 4) is 5.75 Å². The van der Waals surface area contributed by atoms with Crippen molar-refractivity contribution in [1.82, 2.24) is 10.3 Å². The number of methoxy groups -OCH3 is 1. The Balaban J connectivity index is 1.76. The van der Waals surface area contributed by atoms with Crippen LogP contribution in [0.1, 0.15) is 58.7 Å². The van der Waals surface area contributed by atoms with Crippen LogP contribution in [-0.2, 0) is 6.42 Å². The number of carbonyl (C=O) groups excluding carboxylic acids is 1. The maximum absolute atomic E-state index is 12.8. The van der Waals surface area contributed by atoms with Gasteiger partial charge in [0.05, 0.1) is 23.9 Å². The fraction of sp³-hybridized carbons (Fsp3) is 0.500. The van der Waals surface area contributed by atoms with E-state index in [0.717, 1.165) is 46.2 Å². The Kier molecular flexibility index (Phi) is 5.42. The van der Waals surface area contributed by atoms with Gasteiger partial charge in [-0.05, 0) is 49.3 Å². The van der Waals surface area contributed by atoms with Gasteiger partial charge in [0.25, 0.3) is 5.91 Å². The molecule has 4 nitrogen and oxygen atoms in total. The van der Waals surface area contributed by atoms with E-state index in [2.05, 4.69) is 24.1 Å². The van der Waals surface area contributed by atoms with Gasteiger partial charge in [0, 0.05) is 6.42 Å². The van der Waals surface area contributed by atoms with Crippen LogP contribution < -0.4 is 10.1 Å². The molecular formula is C20H26N2O2S. The zero-order valence-corrected chi connectivity index (χ0v) is 16.2. The van der Waals surface area contributed by atoms with Crippen LogP contribution in [0.2, 0.25) is 0 Å². The van der Waals surface area contributed by atoms with Crippen molar-refractivity contribution >= 4 is 17.2 Å². The highest BCUT2D eigenvalue weighted by molar-refractivity contribution is 7.13. The number of thiazole rings is 1. The summed E-state index contributed by atoms with van der Waals surface area (Å²) in [6.07, 6.45) is 3.25. The molecule has 1 heterocycles. The van der Waals surface area contributed by atoms with E-state index in [1.807, 2.05) is 31.2 Å². The number of benzene rings is 1. The number of hydrogen-bond donors (Lipinski definition) is 1. The molecule has 0 spiro atoms. The Bertz CT molecular complexity index is 733. The molecule has 1 aliphatic rings. The van der Waals surface area contributed by atoms with Crippen molar-refractivity contribution in [2.45, 2.75) is 46.1 Å². The lowest BCUT2D eigenvalue weighted by Gasteiger charge is -2.19. The van der Waals surface area contributed by atoms with Crippen molar-refractivity contribution in [2.75, 3.05) is 7.11 Å². The molecule has 1 aromatic heterocycles. The average molecular weight is 359 g/mol. The highest BCUT2D eigenvalue weighted by Gasteiger charge is 2.34. The Morgan fingerprint density at radius 3 is 2.56 bits per heavy atom. The standard InChI is InChI=1S/C20H26N2O2S/c1-12(2)11-17-21-13(3)19(25-17)20(23)22-18(14-5-6-14)15-7-9-16(24-4)10-8-15/h7-10,12,14,18H,5-6,11H2,1-4H3,(H,22,23). The van der Waals surface area contributed by atoms with E-state index in [-0.39, 0.29) is 11.9 Å². The average Bonchev–Trinajstić information content (AvgIpc) is 3.35. The summed E-state index contributed by atoms with van der Waals surface area (Å²) in [5, 5.41) is 4.29. The number of carbonyl (C=O) groups is 1. The third-order valence-corrected chi connectivity index (χ3v) is 5.66. The number of hydrogen-bond acceptors (Lipinski definition) is 4. The fourth-order valence-corrected chi connectivity index (χ4v) is 4.20. The molecule has 1 fully saturated rings. The molecule has 2 aromatic rings. The number of nitrogens with zero attached hydrogens (tertiary/aromatic N) is 1. The van der Waals surface area contributed by atoms with Crippen LogP contribution >= 0.6 is 11.3 Å². The van der Waals surface area contributed by atoms with Crippen molar-refractivity contribution < 1.29 is 9.53 Å². The molecule has 0 aliphatic heterocycles. The van der Waals surface area contributed by atoms with E-state index in [9.17, 15) is 4.79 Å². The van der Waals surface area contributed by atoms with Crippen molar-refractivity contribution in [3.05, 3.63) is 45.4 Å². The number of rotatable bonds is 7. The van der Waals surface area contributed by atoms with Crippen LogP contribution in [0.15, 0.2) is 24.3 Å². The second kappa shape index (κ2) is 7.56. The molecular weight excluding hydrogens is 332 g/mol. The Labute approximate surface area is 153 Å². The van der Waals surface area contributed by atoms with Gasteiger partial charge in [0.1, 0.15) is 10.6 Å². The molecule has 1 atom stereocenters. The minimum atomic E-state index is -0.00211. The van der Waals surface area contributed by atoms with Crippen LogP contribution in [0.25, 0.3) is 0 Å². The predicted molar refractivity (Wildman–Crippen MR) is 101 cm³/mol. The van der Waals surface area contributed by atoms with E-state index in [1.54, 1.807) is 7.11 Å². The van der Waals surface area contributed by atoms with Crippen LogP contribution in [0.5, 0.6) is 5.75 Å². The molecule has 1 aromatic carbocycles. The van der Waals surface area contributed by atoms with Gasteiger partial charge in [-0.25, -0.2) is 4.98 Å². The minimum Gasteiger partial charge on any atom is -0.497 e. The summed E-state index contributed by atoms with van der Waals surface area (Å²) in [6, 6.07) is 8.07. The number of aromatic nitrogens is 1. The van der Waals surface area contributed by atoms with Crippen molar-refractivity contribution in [3.63, 3.8) is 0 Å². The molecule has 25 heavy (non-hydrogen) atoms. The molecule has 5 heteroatoms. The molecule has 3 rings (SSSR count). The molecule has 0 bridgehead atoms. The van der Waals surface area contributed by atoms with Crippen molar-refractivity contribution in [1.29, 1.82) is 0 Å². The van der Waals surface area contributed by atoms with Crippen LogP contribution in [0, 0.1) is 18.8 Å². The molecule has 134 valence electrons. The zero-order chi connectivity index (χ0) is 18.0. The summed E-state index contributed by atoms with van der Waals surface area (Å²) >= 11 is 1.53. The first-order valence-corrected chi connectivity index (χ1v) is 9.70. The smallest absolute Gasteiger partial charge is 0.263 e. The summed E-state index contributed by atoms with van der Waals surface area (Å²) in [6.45, 7) is 6.27. The van der Waals surface area contributed by atoms with E-state index in [0.29, 0.717) is 11.8 Å². The van der Waals surface area contributed by atoms with Gasteiger partial charge in [0.2, 0.25) is 0 Å². The topological polar surface area (TPSA) is 51.2 Å². The fourth-order valence-electron chi connectivity index (χ4n) is 3.02. The van der Waals surface area contributed by atoms with Gasteiger partial charge < -0.3 is 10.1 Å². The Morgan fingerprint density at radius 2 is 2.00 bits per heavy atom. The van der Waals surface area contributed by atoms with E-state index in [1.165, 1.54) is 11.3 Å². The quantitative estimate of drug-likeness (QED) is 0.790. The lowest BCUT2D eigenvalue weighted by molar-refractivity contribution is 0.0935. The first-order valence-electron chi connectivity index (χ1n) is 8.89. The maximum atomic E-state index is 12.8. The molecule has 0 saturated heterocycles. The maximum Gasteiger partial charge on any atom is 0.263 e. The summed E-state index contributed by atoms with van der Waals surface area (Å²) in [4.78, 5) is 18.2. The summed E-state index contributed by atoms with van der Waals surface area (Å²) in [7, 11) is 1.66. The van der Waals surface area contributed by atoms with Crippen LogP contribution in [0.3, 0.4) is 0 Å². The van der Waals surface area contributed by atoms with E-state index < -0.39 is 0 Å². The number of nitrogens with one attached hydrogen (secondary N) is 1. The molecule has 0 radical (unpaired) electrons. The summed E-state index contributed by atoms with van der Waals surface area (Å²) in [5.41, 5.74) is 1.98. The van der Waals surface area contributed by atoms with Gasteiger partial charge in [-0.2, -0.15) is 0 Å². The number of amides is 1. The van der Waals surface area contributed by atoms with Gasteiger partial charge in [-0.15, -0.1) is 11.3 Å². The molecule has 1 amide bonds. The second-order valence-electron chi connectivity index (χ2n) is 7.18. The van der Waals surface area contributed by atoms with Crippen LogP contribution in [-0.4, -0.2) is 18.0 Å². The van der Waals surface area contributed by atoms with Gasteiger partial charge in [0.15, 0.2) is 0 Å². The second-order valence-corrected chi connectivity index (χ2v) is 8.27. The predicted octanol–water partition coefficient (Wildman–Crippen LogP) is 4.54. The lowest BCUT2D eigenvalue weighted by atomic mass is 10.0. The number of aryl methyl sites for hydroxylation is 1. The van der Waals surface area contributed by atoms with E-state index in [4.69, 9.17) is 4.74 Å². The molecule has 1 aliphatic carbocycles. The highest BCUT2D eigenvalue weighted by Crippen LogP contribution is 2.41. The van der Waals surface area contributed by atoms with Crippen LogP contribution in [0.4, 0.5) is 0 Å². The lowest BCUT2D eigenvalue weighted by Crippen LogP contribution is -2.29. The Hall–Kier alpha value is -1.88. The first kappa shape index (κ1) is 17.9. The van der Waals surface area contributed by atoms with E-state index >= 15 is 0 Å². The molecule has 1 unspecified atom stereocenters. The minimum absolute atomic E-state index is 0.00211. The Morgan fingerprint density at radius 1 is 1.32 bits per heavy atom. The first-order chi connectivity index (χ1) is 12.0. The highest BCUT2D eigenvalue weighted by atomic mass is 32.1. The monoisotopic (exact) mass is 358 g/mol. The largest absolute Gasteiger partial charge is 0.497 e. The van der Waals surface area contributed by atoms with Gasteiger partial charge in [-0.1, -0.05) is 26.0 Å². The van der Waals surface area contributed by atoms with Gasteiger partial charge in [-0.3, -0.25) is 4.79 Å².